The summed E-state index contributed by atoms with van der Waals surface area (Å²) in [5, 5.41) is 6.63. The summed E-state index contributed by atoms with van der Waals surface area (Å²) in [5.74, 6) is -5.91. The first-order chi connectivity index (χ1) is 17.3. The molecule has 4 rings (SSSR count). The highest BCUT2D eigenvalue weighted by Crippen LogP contribution is 2.29. The maximum absolute atomic E-state index is 14.3. The van der Waals surface area contributed by atoms with Crippen LogP contribution >= 0.6 is 0 Å². The van der Waals surface area contributed by atoms with E-state index >= 15 is 0 Å². The highest BCUT2D eigenvalue weighted by atomic mass is 32.2. The van der Waals surface area contributed by atoms with Crippen molar-refractivity contribution in [2.24, 2.45) is 0 Å². The fourth-order valence-electron chi connectivity index (χ4n) is 3.95. The molecule has 0 saturated carbocycles. The molecule has 3 aromatic rings. The van der Waals surface area contributed by atoms with Crippen LogP contribution in [0.5, 0.6) is 0 Å². The Kier molecular flexibility index (Phi) is 7.28. The lowest BCUT2D eigenvalue weighted by molar-refractivity contribution is -0.148. The molecule has 0 spiro atoms. The van der Waals surface area contributed by atoms with Crippen molar-refractivity contribution in [1.82, 2.24) is 24.4 Å². The second-order valence-corrected chi connectivity index (χ2v) is 10.0. The molecular formula is C22H19F6N5O3S. The Bertz CT molecular complexity index is 1410. The summed E-state index contributed by atoms with van der Waals surface area (Å²) in [5.41, 5.74) is -0.374. The summed E-state index contributed by atoms with van der Waals surface area (Å²) in [7, 11) is -4.21. The van der Waals surface area contributed by atoms with Crippen molar-refractivity contribution in [1.29, 1.82) is 0 Å². The Morgan fingerprint density at radius 2 is 1.68 bits per heavy atom. The SMILES string of the molecule is O=C(C[C@@H](Cc1cc(F)c(F)cc1F)NS(=O)(=O)c1ccccc1)N1CCn2c(nnc2C(F)(F)F)C1. The molecule has 0 bridgehead atoms. The Morgan fingerprint density at radius 3 is 2.35 bits per heavy atom. The number of fused-ring (bicyclic) bond motifs is 1. The topological polar surface area (TPSA) is 97.2 Å². The van der Waals surface area contributed by atoms with Crippen LogP contribution in [0.2, 0.25) is 0 Å². The van der Waals surface area contributed by atoms with Crippen molar-refractivity contribution in [3.63, 3.8) is 0 Å². The molecule has 8 nitrogen and oxygen atoms in total. The van der Waals surface area contributed by atoms with Crippen LogP contribution in [0, 0.1) is 17.5 Å². The summed E-state index contributed by atoms with van der Waals surface area (Å²) in [6, 6.07) is 6.65. The van der Waals surface area contributed by atoms with E-state index in [1.54, 1.807) is 6.07 Å². The van der Waals surface area contributed by atoms with Gasteiger partial charge < -0.3 is 9.47 Å². The van der Waals surface area contributed by atoms with E-state index < -0.39 is 64.3 Å². The van der Waals surface area contributed by atoms with Gasteiger partial charge in [-0.15, -0.1) is 10.2 Å². The van der Waals surface area contributed by atoms with E-state index in [-0.39, 0.29) is 35.9 Å². The molecule has 1 amide bonds. The minimum atomic E-state index is -4.73. The van der Waals surface area contributed by atoms with Crippen LogP contribution in [0.25, 0.3) is 0 Å². The number of carbonyl (C=O) groups is 1. The van der Waals surface area contributed by atoms with Gasteiger partial charge in [-0.3, -0.25) is 4.79 Å². The average molecular weight is 547 g/mol. The number of nitrogens with one attached hydrogen (secondary N) is 1. The number of sulfonamides is 1. The normalized spacial score (nSPS) is 14.9. The van der Waals surface area contributed by atoms with E-state index in [4.69, 9.17) is 0 Å². The van der Waals surface area contributed by atoms with E-state index in [9.17, 15) is 39.6 Å². The van der Waals surface area contributed by atoms with Gasteiger partial charge in [0.05, 0.1) is 11.4 Å². The molecular weight excluding hydrogens is 528 g/mol. The molecule has 0 aliphatic carbocycles. The van der Waals surface area contributed by atoms with Crippen molar-refractivity contribution >= 4 is 15.9 Å². The number of aromatic nitrogens is 3. The van der Waals surface area contributed by atoms with E-state index in [2.05, 4.69) is 14.9 Å². The lowest BCUT2D eigenvalue weighted by Gasteiger charge is -2.29. The van der Waals surface area contributed by atoms with Crippen molar-refractivity contribution in [2.75, 3.05) is 6.54 Å². The molecule has 1 aliphatic rings. The van der Waals surface area contributed by atoms with E-state index in [1.165, 1.54) is 24.3 Å². The summed E-state index contributed by atoms with van der Waals surface area (Å²) in [4.78, 5) is 14.0. The quantitative estimate of drug-likeness (QED) is 0.363. The summed E-state index contributed by atoms with van der Waals surface area (Å²) < 4.78 is 110. The average Bonchev–Trinajstić information content (AvgIpc) is 3.27. The van der Waals surface area contributed by atoms with E-state index in [0.717, 1.165) is 9.47 Å². The van der Waals surface area contributed by atoms with Gasteiger partial charge in [-0.2, -0.15) is 13.2 Å². The molecule has 1 aromatic heterocycles. The molecule has 37 heavy (non-hydrogen) atoms. The van der Waals surface area contributed by atoms with Gasteiger partial charge in [0.15, 0.2) is 17.5 Å². The molecule has 1 atom stereocenters. The van der Waals surface area contributed by atoms with Gasteiger partial charge in [-0.1, -0.05) is 18.2 Å². The first-order valence-corrected chi connectivity index (χ1v) is 12.3. The van der Waals surface area contributed by atoms with Crippen LogP contribution in [0.15, 0.2) is 47.4 Å². The predicted molar refractivity (Wildman–Crippen MR) is 116 cm³/mol. The number of hydrogen-bond donors (Lipinski definition) is 1. The zero-order chi connectivity index (χ0) is 27.0. The zero-order valence-electron chi connectivity index (χ0n) is 18.8. The Morgan fingerprint density at radius 1 is 1.00 bits per heavy atom. The second kappa shape index (κ2) is 10.1. The van der Waals surface area contributed by atoms with Gasteiger partial charge in [0, 0.05) is 31.6 Å². The third kappa shape index (κ3) is 5.93. The van der Waals surface area contributed by atoms with Crippen molar-refractivity contribution < 1.29 is 39.6 Å². The third-order valence-electron chi connectivity index (χ3n) is 5.71. The minimum Gasteiger partial charge on any atom is -0.333 e. The van der Waals surface area contributed by atoms with Gasteiger partial charge in [-0.05, 0) is 30.2 Å². The maximum atomic E-state index is 14.3. The summed E-state index contributed by atoms with van der Waals surface area (Å²) in [6.45, 7) is -0.717. The first-order valence-electron chi connectivity index (χ1n) is 10.8. The van der Waals surface area contributed by atoms with Gasteiger partial charge in [-0.25, -0.2) is 26.3 Å². The molecule has 0 unspecified atom stereocenters. The number of rotatable bonds is 7. The Hall–Kier alpha value is -3.46. The highest BCUT2D eigenvalue weighted by Gasteiger charge is 2.40. The van der Waals surface area contributed by atoms with Crippen LogP contribution in [0.3, 0.4) is 0 Å². The van der Waals surface area contributed by atoms with Crippen LogP contribution in [-0.2, 0) is 40.5 Å². The highest BCUT2D eigenvalue weighted by molar-refractivity contribution is 7.89. The van der Waals surface area contributed by atoms with Crippen LogP contribution in [-0.4, -0.2) is 46.6 Å². The molecule has 2 aromatic carbocycles. The minimum absolute atomic E-state index is 0.111. The smallest absolute Gasteiger partial charge is 0.333 e. The number of carbonyl (C=O) groups excluding carboxylic acids is 1. The van der Waals surface area contributed by atoms with Crippen molar-refractivity contribution in [3.8, 4) is 0 Å². The molecule has 0 radical (unpaired) electrons. The number of benzene rings is 2. The molecule has 15 heteroatoms. The Labute approximate surface area is 207 Å². The monoisotopic (exact) mass is 547 g/mol. The lowest BCUT2D eigenvalue weighted by atomic mass is 10.0. The first kappa shape index (κ1) is 26.6. The zero-order valence-corrected chi connectivity index (χ0v) is 19.7. The number of amides is 1. The largest absolute Gasteiger partial charge is 0.451 e. The standard InChI is InChI=1S/C22H19F6N5O3S/c23-16-11-18(25)17(24)9-13(16)8-14(31-37(35,36)15-4-2-1-3-5-15)10-20(34)32-6-7-33-19(12-32)29-30-21(33)22(26,27)28/h1-5,9,11,14,31H,6-8,10,12H2/t14-/m1/s1. The van der Waals surface area contributed by atoms with E-state index in [1.807, 2.05) is 0 Å². The number of hydrogen-bond acceptors (Lipinski definition) is 5. The number of halogens is 6. The van der Waals surface area contributed by atoms with Gasteiger partial charge in [0.2, 0.25) is 21.8 Å². The Balaban J connectivity index is 1.56. The number of nitrogens with zero attached hydrogens (tertiary/aromatic N) is 4. The fraction of sp³-hybridized carbons (Fsp3) is 0.318. The third-order valence-corrected chi connectivity index (χ3v) is 7.25. The second-order valence-electron chi connectivity index (χ2n) is 8.30. The van der Waals surface area contributed by atoms with E-state index in [0.29, 0.717) is 12.1 Å². The van der Waals surface area contributed by atoms with Crippen molar-refractivity contribution in [2.45, 2.75) is 43.0 Å². The lowest BCUT2D eigenvalue weighted by Crippen LogP contribution is -2.44. The molecule has 1 N–H and O–H groups in total. The maximum Gasteiger partial charge on any atom is 0.451 e. The molecule has 198 valence electrons. The van der Waals surface area contributed by atoms with Crippen molar-refractivity contribution in [3.05, 3.63) is 77.1 Å². The summed E-state index contributed by atoms with van der Waals surface area (Å²) in [6.07, 6.45) is -5.79. The van der Waals surface area contributed by atoms with Crippen LogP contribution in [0.1, 0.15) is 23.6 Å². The van der Waals surface area contributed by atoms with Gasteiger partial charge in [0.25, 0.3) is 0 Å². The molecule has 0 fully saturated rings. The summed E-state index contributed by atoms with van der Waals surface area (Å²) >= 11 is 0. The number of alkyl halides is 3. The predicted octanol–water partition coefficient (Wildman–Crippen LogP) is 3.04. The molecule has 0 saturated heterocycles. The van der Waals surface area contributed by atoms with Crippen LogP contribution in [0.4, 0.5) is 26.3 Å². The van der Waals surface area contributed by atoms with Gasteiger partial charge in [0.1, 0.15) is 5.82 Å². The fourth-order valence-corrected chi connectivity index (χ4v) is 5.21. The van der Waals surface area contributed by atoms with Gasteiger partial charge >= 0.3 is 6.18 Å². The molecule has 2 heterocycles. The van der Waals surface area contributed by atoms with Crippen LogP contribution < -0.4 is 4.72 Å². The molecule has 1 aliphatic heterocycles.